The molecule has 1 aliphatic carbocycles. The lowest BCUT2D eigenvalue weighted by Crippen LogP contribution is -2.50. The van der Waals surface area contributed by atoms with Gasteiger partial charge < -0.3 is 18.9 Å². The second kappa shape index (κ2) is 19.3. The van der Waals surface area contributed by atoms with Crippen molar-refractivity contribution in [1.29, 1.82) is 0 Å². The highest BCUT2D eigenvalue weighted by molar-refractivity contribution is 5.71. The summed E-state index contributed by atoms with van der Waals surface area (Å²) in [5.74, 6) is -0.102. The van der Waals surface area contributed by atoms with Gasteiger partial charge in [0, 0.05) is 5.92 Å². The number of hydrogen-bond acceptors (Lipinski definition) is 4. The average Bonchev–Trinajstić information content (AvgIpc) is 3.23. The number of ether oxygens (including phenoxy) is 4. The molecule has 0 amide bonds. The molecule has 4 heteroatoms. The van der Waals surface area contributed by atoms with Crippen LogP contribution in [0.1, 0.15) is 51.4 Å². The van der Waals surface area contributed by atoms with Crippen molar-refractivity contribution in [2.24, 2.45) is 5.92 Å². The van der Waals surface area contributed by atoms with Crippen LogP contribution in [0, 0.1) is 5.92 Å². The first-order valence-electron chi connectivity index (χ1n) is 19.2. The first-order chi connectivity index (χ1) is 26.7. The van der Waals surface area contributed by atoms with Crippen molar-refractivity contribution in [3.63, 3.8) is 0 Å². The van der Waals surface area contributed by atoms with Crippen molar-refractivity contribution < 1.29 is 18.9 Å². The summed E-state index contributed by atoms with van der Waals surface area (Å²) in [7, 11) is 0. The Kier molecular flexibility index (Phi) is 13.3. The number of aryl methyl sites for hydroxylation is 1. The molecule has 6 aromatic rings. The Bertz CT molecular complexity index is 2010. The summed E-state index contributed by atoms with van der Waals surface area (Å²) in [6.07, 6.45) is 3.06. The third kappa shape index (κ3) is 10.3. The van der Waals surface area contributed by atoms with E-state index < -0.39 is 12.2 Å². The largest absolute Gasteiger partial charge is 0.376 e. The second-order valence-electron chi connectivity index (χ2n) is 14.1. The first kappa shape index (κ1) is 37.2. The Morgan fingerprint density at radius 2 is 0.907 bits per heavy atom. The van der Waals surface area contributed by atoms with Gasteiger partial charge in [0.05, 0.1) is 39.1 Å². The molecule has 0 spiro atoms. The Balaban J connectivity index is 1.27. The van der Waals surface area contributed by atoms with Crippen LogP contribution in [-0.2, 0) is 58.2 Å². The van der Waals surface area contributed by atoms with E-state index in [2.05, 4.69) is 159 Å². The van der Waals surface area contributed by atoms with E-state index in [0.717, 1.165) is 46.2 Å². The Morgan fingerprint density at radius 1 is 0.426 bits per heavy atom. The average molecular weight is 715 g/mol. The highest BCUT2D eigenvalue weighted by Crippen LogP contribution is 2.38. The summed E-state index contributed by atoms with van der Waals surface area (Å²) in [6.45, 7) is 4.51. The number of benzene rings is 6. The van der Waals surface area contributed by atoms with E-state index in [1.165, 1.54) is 16.7 Å². The molecule has 0 radical (unpaired) electrons. The Morgan fingerprint density at radius 3 is 1.46 bits per heavy atom. The van der Waals surface area contributed by atoms with E-state index in [4.69, 9.17) is 18.9 Å². The molecule has 1 aliphatic rings. The molecule has 7 rings (SSSR count). The van der Waals surface area contributed by atoms with Crippen molar-refractivity contribution in [1.82, 2.24) is 0 Å². The maximum atomic E-state index is 7.02. The minimum Gasteiger partial charge on any atom is -0.376 e. The normalized spacial score (nSPS) is 18.3. The van der Waals surface area contributed by atoms with Gasteiger partial charge in [-0.25, -0.2) is 0 Å². The minimum absolute atomic E-state index is 0.102. The van der Waals surface area contributed by atoms with Gasteiger partial charge in [-0.2, -0.15) is 0 Å². The van der Waals surface area contributed by atoms with Crippen LogP contribution in [0.3, 0.4) is 0 Å². The van der Waals surface area contributed by atoms with Gasteiger partial charge in [-0.1, -0.05) is 183 Å². The predicted octanol–water partition coefficient (Wildman–Crippen LogP) is 10.8. The van der Waals surface area contributed by atoms with Crippen molar-refractivity contribution in [3.8, 4) is 0 Å². The van der Waals surface area contributed by atoms with Crippen LogP contribution in [0.4, 0.5) is 0 Å². The van der Waals surface area contributed by atoms with Crippen molar-refractivity contribution in [2.75, 3.05) is 6.61 Å². The molecule has 54 heavy (non-hydrogen) atoms. The molecule has 0 fully saturated rings. The van der Waals surface area contributed by atoms with Crippen LogP contribution < -0.4 is 0 Å². The fraction of sp³-hybridized carbons (Fsp3) is 0.240. The molecule has 4 atom stereocenters. The summed E-state index contributed by atoms with van der Waals surface area (Å²) in [4.78, 5) is 0. The molecule has 0 heterocycles. The molecule has 0 bridgehead atoms. The molecule has 0 saturated heterocycles. The van der Waals surface area contributed by atoms with Gasteiger partial charge in [-0.3, -0.25) is 0 Å². The number of hydrogen-bond donors (Lipinski definition) is 0. The summed E-state index contributed by atoms with van der Waals surface area (Å²) < 4.78 is 27.5. The highest BCUT2D eigenvalue weighted by Gasteiger charge is 2.43. The standard InChI is InChI=1S/C50H50O4/c1-2-38-26-28-39(29-27-38)30-44-24-15-25-45(31-44)47-32-46(37-51-33-40-16-7-3-8-17-40)48(52-34-41-18-9-4-10-19-41)50(54-36-43-22-13-6-14-23-43)49(47)53-35-42-20-11-5-12-21-42/h3-29,31-32,46,48-50H,2,30,33-37H2,1H3. The van der Waals surface area contributed by atoms with Crippen LogP contribution in [0.2, 0.25) is 0 Å². The van der Waals surface area contributed by atoms with Crippen molar-refractivity contribution >= 4 is 5.57 Å². The van der Waals surface area contributed by atoms with Gasteiger partial charge >= 0.3 is 0 Å². The van der Waals surface area contributed by atoms with Gasteiger partial charge in [0.15, 0.2) is 0 Å². The molecular weight excluding hydrogens is 665 g/mol. The van der Waals surface area contributed by atoms with Crippen LogP contribution in [-0.4, -0.2) is 24.9 Å². The smallest absolute Gasteiger partial charge is 0.115 e. The van der Waals surface area contributed by atoms with Crippen molar-refractivity contribution in [3.05, 3.63) is 220 Å². The Labute approximate surface area is 321 Å². The monoisotopic (exact) mass is 714 g/mol. The van der Waals surface area contributed by atoms with Gasteiger partial charge in [0.1, 0.15) is 12.2 Å². The topological polar surface area (TPSA) is 36.9 Å². The van der Waals surface area contributed by atoms with Crippen LogP contribution in [0.25, 0.3) is 5.57 Å². The quantitative estimate of drug-likeness (QED) is 0.0943. The summed E-state index contributed by atoms with van der Waals surface area (Å²) in [6, 6.07) is 59.3. The second-order valence-corrected chi connectivity index (χ2v) is 14.1. The van der Waals surface area contributed by atoms with E-state index in [1.807, 2.05) is 24.3 Å². The molecule has 0 N–H and O–H groups in total. The van der Waals surface area contributed by atoms with Crippen molar-refractivity contribution in [2.45, 2.75) is 64.5 Å². The summed E-state index contributed by atoms with van der Waals surface area (Å²) in [5, 5.41) is 0. The maximum absolute atomic E-state index is 7.02. The minimum atomic E-state index is -0.423. The lowest BCUT2D eigenvalue weighted by atomic mass is 9.80. The van der Waals surface area contributed by atoms with E-state index in [9.17, 15) is 0 Å². The third-order valence-electron chi connectivity index (χ3n) is 10.1. The summed E-state index contributed by atoms with van der Waals surface area (Å²) >= 11 is 0. The molecule has 6 aromatic carbocycles. The molecule has 274 valence electrons. The van der Waals surface area contributed by atoms with Gasteiger partial charge in [-0.15, -0.1) is 0 Å². The van der Waals surface area contributed by atoms with Crippen LogP contribution in [0.15, 0.2) is 176 Å². The van der Waals surface area contributed by atoms with Gasteiger partial charge in [0.2, 0.25) is 0 Å². The van der Waals surface area contributed by atoms with E-state index in [0.29, 0.717) is 33.0 Å². The highest BCUT2D eigenvalue weighted by atomic mass is 16.6. The van der Waals surface area contributed by atoms with Crippen LogP contribution in [0.5, 0.6) is 0 Å². The zero-order chi connectivity index (χ0) is 36.8. The van der Waals surface area contributed by atoms with E-state index >= 15 is 0 Å². The fourth-order valence-corrected chi connectivity index (χ4v) is 7.17. The predicted molar refractivity (Wildman–Crippen MR) is 218 cm³/mol. The maximum Gasteiger partial charge on any atom is 0.115 e. The molecule has 0 aromatic heterocycles. The first-order valence-corrected chi connectivity index (χ1v) is 19.2. The summed E-state index contributed by atoms with van der Waals surface area (Å²) in [5.41, 5.74) is 10.6. The molecular formula is C50H50O4. The zero-order valence-corrected chi connectivity index (χ0v) is 31.1. The molecule has 4 unspecified atom stereocenters. The fourth-order valence-electron chi connectivity index (χ4n) is 7.17. The van der Waals surface area contributed by atoms with E-state index in [-0.39, 0.29) is 12.0 Å². The van der Waals surface area contributed by atoms with E-state index in [1.54, 1.807) is 0 Å². The zero-order valence-electron chi connectivity index (χ0n) is 31.1. The third-order valence-corrected chi connectivity index (χ3v) is 10.1. The van der Waals surface area contributed by atoms with Gasteiger partial charge in [0.25, 0.3) is 0 Å². The molecule has 0 aliphatic heterocycles. The molecule has 0 saturated carbocycles. The molecule has 4 nitrogen and oxygen atoms in total. The van der Waals surface area contributed by atoms with Crippen LogP contribution >= 0.6 is 0 Å². The number of rotatable bonds is 17. The lowest BCUT2D eigenvalue weighted by molar-refractivity contribution is -0.158. The van der Waals surface area contributed by atoms with Gasteiger partial charge in [-0.05, 0) is 62.9 Å². The lowest BCUT2D eigenvalue weighted by Gasteiger charge is -2.42. The Hall–Kier alpha value is -5.10. The SMILES string of the molecule is CCc1ccc(Cc2cccc(C3=CC(COCc4ccccc4)C(OCc4ccccc4)C(OCc4ccccc4)C3OCc3ccccc3)c2)cc1.